The maximum atomic E-state index is 9.28. The molecule has 2 aromatic rings. The van der Waals surface area contributed by atoms with E-state index in [0.29, 0.717) is 21.5 Å². The number of hydrogen-bond acceptors (Lipinski definition) is 2. The summed E-state index contributed by atoms with van der Waals surface area (Å²) in [6.07, 6.45) is 0. The second-order valence-electron chi connectivity index (χ2n) is 3.15. The molecule has 0 aromatic heterocycles. The standard InChI is InChI=1S/C12H8Cl2O2/c13-10-5-2-6-11(12(10)14)16-9-4-1-3-8(15)7-9/h1-7,15H. The Morgan fingerprint density at radius 2 is 1.75 bits per heavy atom. The number of halogens is 2. The third kappa shape index (κ3) is 2.40. The van der Waals surface area contributed by atoms with Gasteiger partial charge in [0.05, 0.1) is 5.02 Å². The zero-order valence-electron chi connectivity index (χ0n) is 8.15. The van der Waals surface area contributed by atoms with Crippen molar-refractivity contribution in [2.24, 2.45) is 0 Å². The van der Waals surface area contributed by atoms with E-state index in [4.69, 9.17) is 27.9 Å². The van der Waals surface area contributed by atoms with E-state index in [1.165, 1.54) is 6.07 Å². The van der Waals surface area contributed by atoms with Crippen LogP contribution in [0.5, 0.6) is 17.2 Å². The lowest BCUT2D eigenvalue weighted by Gasteiger charge is -2.08. The normalized spacial score (nSPS) is 10.1. The molecule has 82 valence electrons. The van der Waals surface area contributed by atoms with Crippen molar-refractivity contribution in [3.05, 3.63) is 52.5 Å². The molecule has 0 fully saturated rings. The molecule has 1 N–H and O–H groups in total. The summed E-state index contributed by atoms with van der Waals surface area (Å²) < 4.78 is 5.49. The number of phenolic OH excluding ortho intramolecular Hbond substituents is 1. The quantitative estimate of drug-likeness (QED) is 0.856. The molecule has 0 atom stereocenters. The zero-order valence-corrected chi connectivity index (χ0v) is 9.66. The molecule has 0 unspecified atom stereocenters. The van der Waals surface area contributed by atoms with Gasteiger partial charge < -0.3 is 9.84 Å². The maximum absolute atomic E-state index is 9.28. The van der Waals surface area contributed by atoms with Gasteiger partial charge >= 0.3 is 0 Å². The van der Waals surface area contributed by atoms with Crippen LogP contribution in [-0.4, -0.2) is 5.11 Å². The number of rotatable bonds is 2. The molecule has 0 spiro atoms. The molecule has 0 aliphatic carbocycles. The third-order valence-corrected chi connectivity index (χ3v) is 2.76. The Labute approximate surface area is 103 Å². The monoisotopic (exact) mass is 254 g/mol. The van der Waals surface area contributed by atoms with Crippen molar-refractivity contribution in [2.75, 3.05) is 0 Å². The minimum atomic E-state index is 0.135. The fraction of sp³-hybridized carbons (Fsp3) is 0. The number of hydrogen-bond donors (Lipinski definition) is 1. The molecule has 0 amide bonds. The number of ether oxygens (including phenoxy) is 1. The molecule has 0 heterocycles. The lowest BCUT2D eigenvalue weighted by Crippen LogP contribution is -1.85. The highest BCUT2D eigenvalue weighted by molar-refractivity contribution is 6.42. The van der Waals surface area contributed by atoms with Gasteiger partial charge in [-0.3, -0.25) is 0 Å². The van der Waals surface area contributed by atoms with E-state index in [9.17, 15) is 5.11 Å². The largest absolute Gasteiger partial charge is 0.508 e. The van der Waals surface area contributed by atoms with E-state index >= 15 is 0 Å². The highest BCUT2D eigenvalue weighted by Crippen LogP contribution is 2.35. The summed E-state index contributed by atoms with van der Waals surface area (Å²) in [5.41, 5.74) is 0. The van der Waals surface area contributed by atoms with Crippen molar-refractivity contribution < 1.29 is 9.84 Å². The van der Waals surface area contributed by atoms with Crippen LogP contribution in [-0.2, 0) is 0 Å². The molecule has 2 aromatic carbocycles. The van der Waals surface area contributed by atoms with E-state index in [-0.39, 0.29) is 5.75 Å². The topological polar surface area (TPSA) is 29.5 Å². The summed E-state index contributed by atoms with van der Waals surface area (Å²) in [6.45, 7) is 0. The van der Waals surface area contributed by atoms with Crippen LogP contribution in [0.25, 0.3) is 0 Å². The Morgan fingerprint density at radius 3 is 2.50 bits per heavy atom. The van der Waals surface area contributed by atoms with E-state index in [1.807, 2.05) is 0 Å². The lowest BCUT2D eigenvalue weighted by atomic mass is 10.3. The summed E-state index contributed by atoms with van der Waals surface area (Å²) in [5, 5.41) is 10.1. The minimum Gasteiger partial charge on any atom is -0.508 e. The molecule has 16 heavy (non-hydrogen) atoms. The first-order valence-corrected chi connectivity index (χ1v) is 5.33. The van der Waals surface area contributed by atoms with Gasteiger partial charge in [0, 0.05) is 6.07 Å². The molecule has 0 saturated heterocycles. The van der Waals surface area contributed by atoms with Gasteiger partial charge in [-0.2, -0.15) is 0 Å². The van der Waals surface area contributed by atoms with E-state index in [1.54, 1.807) is 36.4 Å². The summed E-state index contributed by atoms with van der Waals surface area (Å²) in [5.74, 6) is 1.10. The zero-order chi connectivity index (χ0) is 11.5. The van der Waals surface area contributed by atoms with E-state index < -0.39 is 0 Å². The van der Waals surface area contributed by atoms with Crippen LogP contribution in [0.1, 0.15) is 0 Å². The van der Waals surface area contributed by atoms with Crippen LogP contribution < -0.4 is 4.74 Å². The molecular weight excluding hydrogens is 247 g/mol. The Bertz CT molecular complexity index is 512. The van der Waals surface area contributed by atoms with Gasteiger partial charge in [-0.1, -0.05) is 35.3 Å². The molecule has 0 saturated carbocycles. The Kier molecular flexibility index (Phi) is 3.22. The third-order valence-electron chi connectivity index (χ3n) is 1.96. The van der Waals surface area contributed by atoms with Crippen molar-refractivity contribution in [1.82, 2.24) is 0 Å². The summed E-state index contributed by atoms with van der Waals surface area (Å²) in [6, 6.07) is 11.6. The predicted octanol–water partition coefficient (Wildman–Crippen LogP) is 4.49. The van der Waals surface area contributed by atoms with Gasteiger partial charge in [-0.15, -0.1) is 0 Å². The number of benzene rings is 2. The van der Waals surface area contributed by atoms with Crippen molar-refractivity contribution in [3.8, 4) is 17.2 Å². The average molecular weight is 255 g/mol. The summed E-state index contributed by atoms with van der Waals surface area (Å²) in [4.78, 5) is 0. The molecule has 0 radical (unpaired) electrons. The lowest BCUT2D eigenvalue weighted by molar-refractivity contribution is 0.455. The van der Waals surface area contributed by atoms with Crippen molar-refractivity contribution in [3.63, 3.8) is 0 Å². The van der Waals surface area contributed by atoms with Crippen molar-refractivity contribution in [2.45, 2.75) is 0 Å². The van der Waals surface area contributed by atoms with Gasteiger partial charge in [0.15, 0.2) is 0 Å². The maximum Gasteiger partial charge on any atom is 0.147 e. The number of aromatic hydroxyl groups is 1. The molecule has 0 aliphatic heterocycles. The van der Waals surface area contributed by atoms with Crippen LogP contribution in [0.2, 0.25) is 10.0 Å². The van der Waals surface area contributed by atoms with Gasteiger partial charge in [-0.05, 0) is 24.3 Å². The molecule has 4 heteroatoms. The fourth-order valence-electron chi connectivity index (χ4n) is 1.24. The Hall–Kier alpha value is -1.38. The second-order valence-corrected chi connectivity index (χ2v) is 3.94. The van der Waals surface area contributed by atoms with Crippen LogP contribution in [0.4, 0.5) is 0 Å². The molecule has 0 bridgehead atoms. The highest BCUT2D eigenvalue weighted by atomic mass is 35.5. The molecular formula is C12H8Cl2O2. The van der Waals surface area contributed by atoms with Gasteiger partial charge in [0.1, 0.15) is 22.3 Å². The smallest absolute Gasteiger partial charge is 0.147 e. The summed E-state index contributed by atoms with van der Waals surface area (Å²) >= 11 is 11.8. The summed E-state index contributed by atoms with van der Waals surface area (Å²) in [7, 11) is 0. The molecule has 0 aliphatic rings. The fourth-order valence-corrected chi connectivity index (χ4v) is 1.57. The van der Waals surface area contributed by atoms with Crippen LogP contribution in [0.15, 0.2) is 42.5 Å². The van der Waals surface area contributed by atoms with Gasteiger partial charge in [-0.25, -0.2) is 0 Å². The van der Waals surface area contributed by atoms with Gasteiger partial charge in [0.25, 0.3) is 0 Å². The van der Waals surface area contributed by atoms with Gasteiger partial charge in [0.2, 0.25) is 0 Å². The highest BCUT2D eigenvalue weighted by Gasteiger charge is 2.06. The Morgan fingerprint density at radius 1 is 1.00 bits per heavy atom. The Balaban J connectivity index is 2.31. The van der Waals surface area contributed by atoms with Crippen LogP contribution >= 0.6 is 23.2 Å². The second kappa shape index (κ2) is 4.64. The predicted molar refractivity (Wildman–Crippen MR) is 64.6 cm³/mol. The SMILES string of the molecule is Oc1cccc(Oc2cccc(Cl)c2Cl)c1. The first kappa shape index (κ1) is 11.1. The van der Waals surface area contributed by atoms with Crippen molar-refractivity contribution >= 4 is 23.2 Å². The molecule has 2 rings (SSSR count). The number of phenols is 1. The van der Waals surface area contributed by atoms with Crippen LogP contribution in [0, 0.1) is 0 Å². The molecule has 2 nitrogen and oxygen atoms in total. The van der Waals surface area contributed by atoms with E-state index in [0.717, 1.165) is 0 Å². The van der Waals surface area contributed by atoms with E-state index in [2.05, 4.69) is 0 Å². The average Bonchev–Trinajstić information content (AvgIpc) is 2.25. The minimum absolute atomic E-state index is 0.135. The first-order valence-electron chi connectivity index (χ1n) is 4.58. The first-order chi connectivity index (χ1) is 7.66. The van der Waals surface area contributed by atoms with Crippen molar-refractivity contribution in [1.29, 1.82) is 0 Å². The van der Waals surface area contributed by atoms with Crippen LogP contribution in [0.3, 0.4) is 0 Å².